The van der Waals surface area contributed by atoms with Crippen LogP contribution in [0.1, 0.15) is 26.4 Å². The third-order valence-electron chi connectivity index (χ3n) is 4.34. The van der Waals surface area contributed by atoms with Gasteiger partial charge in [0.2, 0.25) is 11.6 Å². The number of aromatic nitrogens is 2. The van der Waals surface area contributed by atoms with Crippen LogP contribution in [0.3, 0.4) is 0 Å². The molecule has 27 heavy (non-hydrogen) atoms. The van der Waals surface area contributed by atoms with Crippen molar-refractivity contribution in [3.8, 4) is 11.3 Å². The van der Waals surface area contributed by atoms with Gasteiger partial charge in [0.05, 0.1) is 11.3 Å². The lowest BCUT2D eigenvalue weighted by molar-refractivity contribution is 0.0815. The molecule has 9 heteroatoms. The molecule has 0 spiro atoms. The highest BCUT2D eigenvalue weighted by Crippen LogP contribution is 2.35. The Labute approximate surface area is 152 Å². The second-order valence-electron chi connectivity index (χ2n) is 5.94. The van der Waals surface area contributed by atoms with Crippen LogP contribution in [0.15, 0.2) is 47.4 Å². The number of ketones is 2. The zero-order valence-electron chi connectivity index (χ0n) is 13.7. The topological polar surface area (TPSA) is 86.1 Å². The van der Waals surface area contributed by atoms with Crippen LogP contribution in [0.25, 0.3) is 11.3 Å². The van der Waals surface area contributed by atoms with Gasteiger partial charge in [-0.1, -0.05) is 24.3 Å². The number of benzene rings is 2. The Morgan fingerprint density at radius 3 is 2.30 bits per heavy atom. The molecule has 0 aliphatic heterocycles. The minimum atomic E-state index is -4.55. The molecule has 3 aromatic rings. The van der Waals surface area contributed by atoms with Crippen molar-refractivity contribution in [2.45, 2.75) is 11.8 Å². The maximum Gasteiger partial charge on any atom is 0.286 e. The summed E-state index contributed by atoms with van der Waals surface area (Å²) < 4.78 is 53.4. The van der Waals surface area contributed by atoms with Crippen molar-refractivity contribution in [3.63, 3.8) is 0 Å². The fourth-order valence-corrected chi connectivity index (χ4v) is 4.45. The largest absolute Gasteiger partial charge is 0.286 e. The molecule has 0 atom stereocenters. The number of nitrogens with zero attached hydrogens (tertiary/aromatic N) is 2. The van der Waals surface area contributed by atoms with Crippen LogP contribution in [-0.2, 0) is 10.0 Å². The molecular weight excluding hydrogens is 378 g/mol. The number of rotatable bonds is 2. The monoisotopic (exact) mass is 388 g/mol. The quantitative estimate of drug-likeness (QED) is 0.630. The third kappa shape index (κ3) is 2.35. The van der Waals surface area contributed by atoms with Gasteiger partial charge in [-0.2, -0.15) is 17.6 Å². The van der Waals surface area contributed by atoms with Crippen molar-refractivity contribution in [3.05, 3.63) is 70.9 Å². The molecule has 0 unspecified atom stereocenters. The van der Waals surface area contributed by atoms with Crippen LogP contribution in [0.5, 0.6) is 0 Å². The van der Waals surface area contributed by atoms with Crippen LogP contribution in [0, 0.1) is 18.6 Å². The lowest BCUT2D eigenvalue weighted by Crippen LogP contribution is -2.21. The first-order chi connectivity index (χ1) is 12.7. The fourth-order valence-electron chi connectivity index (χ4n) is 3.08. The Morgan fingerprint density at radius 2 is 1.63 bits per heavy atom. The molecule has 1 heterocycles. The van der Waals surface area contributed by atoms with Gasteiger partial charge in [-0.3, -0.25) is 9.59 Å². The van der Waals surface area contributed by atoms with Gasteiger partial charge in [-0.05, 0) is 19.1 Å². The molecule has 0 saturated heterocycles. The first-order valence-corrected chi connectivity index (χ1v) is 9.16. The molecule has 1 aliphatic rings. The summed E-state index contributed by atoms with van der Waals surface area (Å²) in [7, 11) is -4.55. The van der Waals surface area contributed by atoms with E-state index in [0.717, 1.165) is 12.1 Å². The van der Waals surface area contributed by atoms with Gasteiger partial charge >= 0.3 is 0 Å². The summed E-state index contributed by atoms with van der Waals surface area (Å²) in [6.45, 7) is 1.30. The average molecular weight is 388 g/mol. The number of hydrogen-bond acceptors (Lipinski definition) is 5. The first-order valence-electron chi connectivity index (χ1n) is 7.72. The number of hydrogen-bond donors (Lipinski definition) is 0. The summed E-state index contributed by atoms with van der Waals surface area (Å²) >= 11 is 0. The molecule has 0 bridgehead atoms. The second kappa shape index (κ2) is 5.65. The van der Waals surface area contributed by atoms with Crippen molar-refractivity contribution in [2.75, 3.05) is 0 Å². The van der Waals surface area contributed by atoms with Crippen LogP contribution < -0.4 is 0 Å². The Bertz CT molecular complexity index is 1260. The van der Waals surface area contributed by atoms with Crippen LogP contribution in [0.4, 0.5) is 8.78 Å². The van der Waals surface area contributed by atoms with Gasteiger partial charge in [0.1, 0.15) is 22.2 Å². The highest BCUT2D eigenvalue weighted by Gasteiger charge is 2.37. The maximum atomic E-state index is 14.0. The number of carbonyl (C=O) groups is 2. The van der Waals surface area contributed by atoms with E-state index in [2.05, 4.69) is 5.10 Å². The van der Waals surface area contributed by atoms with E-state index < -0.39 is 38.1 Å². The lowest BCUT2D eigenvalue weighted by atomic mass is 9.87. The number of halogens is 2. The van der Waals surface area contributed by atoms with Crippen molar-refractivity contribution in [2.24, 2.45) is 0 Å². The molecule has 0 saturated carbocycles. The minimum absolute atomic E-state index is 0.0267. The molecule has 136 valence electrons. The number of carbonyl (C=O) groups excluding carboxylic acids is 2. The zero-order valence-corrected chi connectivity index (χ0v) is 14.5. The Balaban J connectivity index is 2.00. The summed E-state index contributed by atoms with van der Waals surface area (Å²) in [5, 5.41) is 3.98. The van der Waals surface area contributed by atoms with Gasteiger partial charge in [0.25, 0.3) is 10.0 Å². The van der Waals surface area contributed by atoms with Crippen LogP contribution in [0.2, 0.25) is 0 Å². The SMILES string of the molecule is Cc1c2c(nn1S(=O)(=O)c1ccc(F)cc1F)-c1ccccc1C(=O)C2=O. The van der Waals surface area contributed by atoms with Crippen molar-refractivity contribution < 1.29 is 26.8 Å². The maximum absolute atomic E-state index is 14.0. The van der Waals surface area contributed by atoms with Gasteiger partial charge in [-0.25, -0.2) is 8.78 Å². The van der Waals surface area contributed by atoms with E-state index in [1.807, 2.05) is 0 Å². The predicted molar refractivity (Wildman–Crippen MR) is 90.0 cm³/mol. The minimum Gasteiger partial charge on any atom is -0.285 e. The molecule has 2 aromatic carbocycles. The molecule has 1 aliphatic carbocycles. The number of fused-ring (bicyclic) bond motifs is 3. The fraction of sp³-hybridized carbons (Fsp3) is 0.0556. The molecule has 0 amide bonds. The van der Waals surface area contributed by atoms with Gasteiger partial charge < -0.3 is 0 Å². The van der Waals surface area contributed by atoms with E-state index in [9.17, 15) is 26.8 Å². The molecule has 0 N–H and O–H groups in total. The molecule has 0 radical (unpaired) electrons. The number of Topliss-reactive ketones (excluding diaryl/α,β-unsaturated/α-hetero) is 2. The Morgan fingerprint density at radius 1 is 0.963 bits per heavy atom. The van der Waals surface area contributed by atoms with Gasteiger partial charge in [0, 0.05) is 17.2 Å². The molecule has 1 aromatic heterocycles. The van der Waals surface area contributed by atoms with Crippen LogP contribution in [-0.4, -0.2) is 29.2 Å². The highest BCUT2D eigenvalue weighted by molar-refractivity contribution is 7.89. The Kier molecular flexibility index (Phi) is 3.60. The Hall–Kier alpha value is -3.20. The van der Waals surface area contributed by atoms with E-state index in [4.69, 9.17) is 0 Å². The lowest BCUT2D eigenvalue weighted by Gasteiger charge is -2.12. The van der Waals surface area contributed by atoms with Crippen LogP contribution >= 0.6 is 0 Å². The van der Waals surface area contributed by atoms with E-state index in [1.165, 1.54) is 13.0 Å². The predicted octanol–water partition coefficient (Wildman–Crippen LogP) is 2.75. The summed E-state index contributed by atoms with van der Waals surface area (Å²) in [5.41, 5.74) is 0.184. The van der Waals surface area contributed by atoms with Crippen molar-refractivity contribution in [1.82, 2.24) is 9.19 Å². The van der Waals surface area contributed by atoms with E-state index in [0.29, 0.717) is 15.7 Å². The second-order valence-corrected chi connectivity index (χ2v) is 7.67. The van der Waals surface area contributed by atoms with E-state index in [1.54, 1.807) is 18.2 Å². The molecule has 4 rings (SSSR count). The van der Waals surface area contributed by atoms with E-state index in [-0.39, 0.29) is 22.5 Å². The zero-order chi connectivity index (χ0) is 19.5. The summed E-state index contributed by atoms with van der Waals surface area (Å²) in [4.78, 5) is 24.0. The first kappa shape index (κ1) is 17.2. The van der Waals surface area contributed by atoms with Crippen molar-refractivity contribution >= 4 is 21.6 Å². The molecular formula is C18H10F2N2O4S. The molecule has 6 nitrogen and oxygen atoms in total. The molecule has 0 fully saturated rings. The summed E-state index contributed by atoms with van der Waals surface area (Å²) in [6.07, 6.45) is 0. The summed E-state index contributed by atoms with van der Waals surface area (Å²) in [5.74, 6) is -3.88. The van der Waals surface area contributed by atoms with Gasteiger partial charge in [-0.15, -0.1) is 0 Å². The summed E-state index contributed by atoms with van der Waals surface area (Å²) in [6, 6.07) is 8.20. The van der Waals surface area contributed by atoms with Gasteiger partial charge in [0.15, 0.2) is 0 Å². The van der Waals surface area contributed by atoms with E-state index >= 15 is 0 Å². The average Bonchev–Trinajstić information content (AvgIpc) is 2.98. The normalized spacial score (nSPS) is 13.4. The third-order valence-corrected chi connectivity index (χ3v) is 6.03. The smallest absolute Gasteiger partial charge is 0.285 e. The standard InChI is InChI=1S/C18H10F2N2O4S/c1-9-15-16(11-4-2-3-5-12(11)17(23)18(15)24)21-22(9)27(25,26)14-7-6-10(19)8-13(14)20/h2-8H,1H3. The van der Waals surface area contributed by atoms with Crippen molar-refractivity contribution in [1.29, 1.82) is 0 Å². The highest BCUT2D eigenvalue weighted by atomic mass is 32.2.